The van der Waals surface area contributed by atoms with Crippen molar-refractivity contribution in [3.8, 4) is 0 Å². The van der Waals surface area contributed by atoms with E-state index in [1.807, 2.05) is 6.92 Å². The van der Waals surface area contributed by atoms with Crippen LogP contribution in [0.25, 0.3) is 0 Å². The molecule has 1 fully saturated rings. The van der Waals surface area contributed by atoms with E-state index in [-0.39, 0.29) is 0 Å². The molecule has 1 atom stereocenters. The van der Waals surface area contributed by atoms with E-state index in [1.165, 1.54) is 19.3 Å². The van der Waals surface area contributed by atoms with Crippen LogP contribution in [0.15, 0.2) is 10.7 Å². The summed E-state index contributed by atoms with van der Waals surface area (Å²) in [5, 5.41) is 3.50. The molecule has 1 aromatic rings. The minimum atomic E-state index is 0.609. The number of aromatic nitrogens is 1. The third-order valence-electron chi connectivity index (χ3n) is 2.53. The fraction of sp³-hybridized carbons (Fsp3) is 0.700. The molecule has 0 amide bonds. The Labute approximate surface area is 78.5 Å². The second kappa shape index (κ2) is 3.92. The molecule has 13 heavy (non-hydrogen) atoms. The van der Waals surface area contributed by atoms with E-state index < -0.39 is 0 Å². The molecule has 2 rings (SSSR count). The van der Waals surface area contributed by atoms with Gasteiger partial charge in [0.1, 0.15) is 6.26 Å². The molecule has 1 saturated heterocycles. The SMILES string of the molecule is Cc1nc(CC2CCCCN2)co1. The van der Waals surface area contributed by atoms with Crippen molar-refractivity contribution in [2.24, 2.45) is 0 Å². The van der Waals surface area contributed by atoms with Gasteiger partial charge in [-0.25, -0.2) is 4.98 Å². The van der Waals surface area contributed by atoms with Crippen molar-refractivity contribution in [2.75, 3.05) is 6.54 Å². The first-order valence-corrected chi connectivity index (χ1v) is 4.99. The van der Waals surface area contributed by atoms with E-state index >= 15 is 0 Å². The first-order valence-electron chi connectivity index (χ1n) is 4.99. The summed E-state index contributed by atoms with van der Waals surface area (Å²) in [5.74, 6) is 0.769. The van der Waals surface area contributed by atoms with E-state index in [1.54, 1.807) is 6.26 Å². The number of nitrogens with one attached hydrogen (secondary N) is 1. The summed E-state index contributed by atoms with van der Waals surface area (Å²) in [6.45, 7) is 3.04. The lowest BCUT2D eigenvalue weighted by atomic mass is 10.0. The molecule has 1 aliphatic rings. The molecule has 0 bridgehead atoms. The third-order valence-corrected chi connectivity index (χ3v) is 2.53. The Hall–Kier alpha value is -0.830. The van der Waals surface area contributed by atoms with Gasteiger partial charge in [-0.3, -0.25) is 0 Å². The van der Waals surface area contributed by atoms with E-state index in [0.717, 1.165) is 24.6 Å². The number of hydrogen-bond acceptors (Lipinski definition) is 3. The molecule has 0 spiro atoms. The summed E-state index contributed by atoms with van der Waals surface area (Å²) >= 11 is 0. The molecule has 3 nitrogen and oxygen atoms in total. The van der Waals surface area contributed by atoms with Gasteiger partial charge in [-0.2, -0.15) is 0 Å². The highest BCUT2D eigenvalue weighted by atomic mass is 16.3. The van der Waals surface area contributed by atoms with E-state index in [4.69, 9.17) is 4.42 Å². The maximum Gasteiger partial charge on any atom is 0.191 e. The Balaban J connectivity index is 1.89. The highest BCUT2D eigenvalue weighted by molar-refractivity contribution is 4.98. The largest absolute Gasteiger partial charge is 0.449 e. The minimum absolute atomic E-state index is 0.609. The molecule has 0 aliphatic carbocycles. The number of aryl methyl sites for hydroxylation is 1. The van der Waals surface area contributed by atoms with Crippen molar-refractivity contribution in [1.82, 2.24) is 10.3 Å². The Morgan fingerprint density at radius 1 is 1.62 bits per heavy atom. The number of oxazole rings is 1. The van der Waals surface area contributed by atoms with E-state index in [9.17, 15) is 0 Å². The van der Waals surface area contributed by atoms with Crippen LogP contribution in [0.5, 0.6) is 0 Å². The first kappa shape index (κ1) is 8.75. The highest BCUT2D eigenvalue weighted by Crippen LogP contribution is 2.12. The lowest BCUT2D eigenvalue weighted by molar-refractivity contribution is 0.396. The fourth-order valence-electron chi connectivity index (χ4n) is 1.85. The zero-order valence-corrected chi connectivity index (χ0v) is 8.05. The van der Waals surface area contributed by atoms with Crippen LogP contribution in [0.3, 0.4) is 0 Å². The summed E-state index contributed by atoms with van der Waals surface area (Å²) in [4.78, 5) is 4.30. The zero-order chi connectivity index (χ0) is 9.10. The summed E-state index contributed by atoms with van der Waals surface area (Å²) in [7, 11) is 0. The Morgan fingerprint density at radius 2 is 2.54 bits per heavy atom. The molecule has 1 aliphatic heterocycles. The van der Waals surface area contributed by atoms with Crippen LogP contribution >= 0.6 is 0 Å². The standard InChI is InChI=1S/C10H16N2O/c1-8-12-10(7-13-8)6-9-4-2-3-5-11-9/h7,9,11H,2-6H2,1H3. The predicted octanol–water partition coefficient (Wildman–Crippen LogP) is 1.67. The lowest BCUT2D eigenvalue weighted by Gasteiger charge is -2.22. The number of nitrogens with zero attached hydrogens (tertiary/aromatic N) is 1. The fourth-order valence-corrected chi connectivity index (χ4v) is 1.85. The van der Waals surface area contributed by atoms with Crippen molar-refractivity contribution in [3.05, 3.63) is 17.8 Å². The Kier molecular flexibility index (Phi) is 2.64. The van der Waals surface area contributed by atoms with Crippen LogP contribution in [0.1, 0.15) is 30.8 Å². The number of rotatable bonds is 2. The second-order valence-electron chi connectivity index (χ2n) is 3.71. The van der Waals surface area contributed by atoms with Crippen LogP contribution in [0.2, 0.25) is 0 Å². The summed E-state index contributed by atoms with van der Waals surface area (Å²) in [5.41, 5.74) is 1.08. The second-order valence-corrected chi connectivity index (χ2v) is 3.71. The zero-order valence-electron chi connectivity index (χ0n) is 8.05. The molecule has 3 heteroatoms. The average Bonchev–Trinajstić information content (AvgIpc) is 2.53. The van der Waals surface area contributed by atoms with Gasteiger partial charge in [0.05, 0.1) is 5.69 Å². The van der Waals surface area contributed by atoms with Crippen LogP contribution in [-0.2, 0) is 6.42 Å². The van der Waals surface area contributed by atoms with Gasteiger partial charge in [-0.15, -0.1) is 0 Å². The normalized spacial score (nSPS) is 23.3. The molecule has 0 saturated carbocycles. The third kappa shape index (κ3) is 2.31. The van der Waals surface area contributed by atoms with Crippen molar-refractivity contribution < 1.29 is 4.42 Å². The molecular formula is C10H16N2O. The van der Waals surface area contributed by atoms with Gasteiger partial charge < -0.3 is 9.73 Å². The van der Waals surface area contributed by atoms with Crippen molar-refractivity contribution in [1.29, 1.82) is 0 Å². The molecule has 1 aromatic heterocycles. The van der Waals surface area contributed by atoms with Gasteiger partial charge >= 0.3 is 0 Å². The molecule has 0 aromatic carbocycles. The van der Waals surface area contributed by atoms with Gasteiger partial charge in [0, 0.05) is 19.4 Å². The molecule has 0 radical (unpaired) electrons. The molecule has 1 unspecified atom stereocenters. The van der Waals surface area contributed by atoms with Gasteiger partial charge in [0.15, 0.2) is 5.89 Å². The monoisotopic (exact) mass is 180 g/mol. The van der Waals surface area contributed by atoms with Gasteiger partial charge in [0.25, 0.3) is 0 Å². The van der Waals surface area contributed by atoms with Crippen molar-refractivity contribution >= 4 is 0 Å². The quantitative estimate of drug-likeness (QED) is 0.752. The van der Waals surface area contributed by atoms with E-state index in [2.05, 4.69) is 10.3 Å². The van der Waals surface area contributed by atoms with Gasteiger partial charge in [-0.1, -0.05) is 6.42 Å². The molecule has 1 N–H and O–H groups in total. The molecule has 72 valence electrons. The van der Waals surface area contributed by atoms with Crippen LogP contribution < -0.4 is 5.32 Å². The molecule has 2 heterocycles. The maximum absolute atomic E-state index is 5.17. The Bertz CT molecular complexity index is 264. The van der Waals surface area contributed by atoms with Crippen LogP contribution in [-0.4, -0.2) is 17.6 Å². The Morgan fingerprint density at radius 3 is 3.15 bits per heavy atom. The van der Waals surface area contributed by atoms with Gasteiger partial charge in [-0.05, 0) is 19.4 Å². The smallest absolute Gasteiger partial charge is 0.191 e. The first-order chi connectivity index (χ1) is 6.34. The van der Waals surface area contributed by atoms with Crippen LogP contribution in [0, 0.1) is 6.92 Å². The minimum Gasteiger partial charge on any atom is -0.449 e. The predicted molar refractivity (Wildman–Crippen MR) is 50.6 cm³/mol. The number of hydrogen-bond donors (Lipinski definition) is 1. The van der Waals surface area contributed by atoms with Crippen molar-refractivity contribution in [3.63, 3.8) is 0 Å². The van der Waals surface area contributed by atoms with Crippen LogP contribution in [0.4, 0.5) is 0 Å². The maximum atomic E-state index is 5.17. The van der Waals surface area contributed by atoms with Crippen molar-refractivity contribution in [2.45, 2.75) is 38.6 Å². The molecular weight excluding hydrogens is 164 g/mol. The lowest BCUT2D eigenvalue weighted by Crippen LogP contribution is -2.35. The number of piperidine rings is 1. The summed E-state index contributed by atoms with van der Waals surface area (Å²) in [6.07, 6.45) is 6.71. The van der Waals surface area contributed by atoms with E-state index in [0.29, 0.717) is 6.04 Å². The topological polar surface area (TPSA) is 38.1 Å². The summed E-state index contributed by atoms with van der Waals surface area (Å²) < 4.78 is 5.17. The van der Waals surface area contributed by atoms with Gasteiger partial charge in [0.2, 0.25) is 0 Å². The summed E-state index contributed by atoms with van der Waals surface area (Å²) in [6, 6.07) is 0.609. The highest BCUT2D eigenvalue weighted by Gasteiger charge is 2.14. The average molecular weight is 180 g/mol.